The zero-order valence-electron chi connectivity index (χ0n) is 18.0. The van der Waals surface area contributed by atoms with Crippen LogP contribution in [0.2, 0.25) is 0 Å². The number of para-hydroxylation sites is 3. The molecule has 2 amide bonds. The van der Waals surface area contributed by atoms with Gasteiger partial charge in [0, 0.05) is 11.4 Å². The monoisotopic (exact) mass is 469 g/mol. The second-order valence-corrected chi connectivity index (χ2v) is 8.69. The average Bonchev–Trinajstić information content (AvgIpc) is 2.77. The van der Waals surface area contributed by atoms with E-state index >= 15 is 0 Å². The first-order valence-corrected chi connectivity index (χ1v) is 11.7. The van der Waals surface area contributed by atoms with E-state index in [9.17, 15) is 18.0 Å². The van der Waals surface area contributed by atoms with Gasteiger partial charge in [-0.25, -0.2) is 8.42 Å². The van der Waals surface area contributed by atoms with E-state index in [-0.39, 0.29) is 17.9 Å². The first kappa shape index (κ1) is 23.6. The van der Waals surface area contributed by atoms with Crippen molar-refractivity contribution in [3.8, 4) is 11.5 Å². The summed E-state index contributed by atoms with van der Waals surface area (Å²) in [5.74, 6) is 0.0509. The van der Waals surface area contributed by atoms with E-state index in [4.69, 9.17) is 9.47 Å². The maximum atomic E-state index is 12.7. The Morgan fingerprint density at radius 1 is 0.848 bits per heavy atom. The van der Waals surface area contributed by atoms with E-state index < -0.39 is 21.8 Å². The van der Waals surface area contributed by atoms with E-state index in [1.807, 2.05) is 0 Å². The fraction of sp³-hybridized carbons (Fsp3) is 0.130. The van der Waals surface area contributed by atoms with Gasteiger partial charge in [-0.1, -0.05) is 30.3 Å². The van der Waals surface area contributed by atoms with E-state index in [0.717, 1.165) is 6.26 Å². The zero-order valence-corrected chi connectivity index (χ0v) is 18.8. The molecule has 0 heterocycles. The van der Waals surface area contributed by atoms with E-state index in [1.54, 1.807) is 60.7 Å². The molecular weight excluding hydrogens is 446 g/mol. The third kappa shape index (κ3) is 6.97. The lowest BCUT2D eigenvalue weighted by Gasteiger charge is -2.13. The lowest BCUT2D eigenvalue weighted by molar-refractivity contribution is -0.118. The number of carbonyl (C=O) groups excluding carboxylic acids is 2. The van der Waals surface area contributed by atoms with Gasteiger partial charge < -0.3 is 20.1 Å². The molecule has 0 atom stereocenters. The molecule has 0 radical (unpaired) electrons. The van der Waals surface area contributed by atoms with Crippen molar-refractivity contribution in [3.05, 3.63) is 78.4 Å². The van der Waals surface area contributed by atoms with Crippen LogP contribution in [0, 0.1) is 0 Å². The standard InChI is InChI=1S/C23H23N3O6S/c1-31-20-12-5-6-13-21(20)32-15-22(27)24-16-8-7-9-17(14-16)25-23(28)18-10-3-4-11-19(18)26-33(2,29)30/h3-14,26H,15H2,1-2H3,(H,24,27)(H,25,28). The van der Waals surface area contributed by atoms with Crippen molar-refractivity contribution in [2.45, 2.75) is 0 Å². The van der Waals surface area contributed by atoms with Crippen molar-refractivity contribution in [3.63, 3.8) is 0 Å². The van der Waals surface area contributed by atoms with Crippen molar-refractivity contribution in [1.82, 2.24) is 0 Å². The maximum absolute atomic E-state index is 12.7. The van der Waals surface area contributed by atoms with E-state index in [2.05, 4.69) is 15.4 Å². The summed E-state index contributed by atoms with van der Waals surface area (Å²) in [7, 11) is -2.04. The van der Waals surface area contributed by atoms with Crippen LogP contribution in [0.4, 0.5) is 17.1 Å². The van der Waals surface area contributed by atoms with Gasteiger partial charge in [0.05, 0.1) is 24.6 Å². The zero-order chi connectivity index (χ0) is 23.8. The second kappa shape index (κ2) is 10.5. The quantitative estimate of drug-likeness (QED) is 0.442. The molecule has 10 heteroatoms. The molecule has 0 fully saturated rings. The molecule has 3 aromatic rings. The van der Waals surface area contributed by atoms with Crippen molar-refractivity contribution in [2.75, 3.05) is 35.3 Å². The molecule has 0 spiro atoms. The van der Waals surface area contributed by atoms with Crippen molar-refractivity contribution >= 4 is 38.9 Å². The summed E-state index contributed by atoms with van der Waals surface area (Å²) in [5, 5.41) is 5.40. The molecule has 33 heavy (non-hydrogen) atoms. The molecule has 0 saturated heterocycles. The van der Waals surface area contributed by atoms with Crippen LogP contribution in [-0.2, 0) is 14.8 Å². The lowest BCUT2D eigenvalue weighted by atomic mass is 10.1. The van der Waals surface area contributed by atoms with Crippen molar-refractivity contribution in [1.29, 1.82) is 0 Å². The van der Waals surface area contributed by atoms with Crippen LogP contribution in [0.5, 0.6) is 11.5 Å². The van der Waals surface area contributed by atoms with E-state index in [1.165, 1.54) is 19.2 Å². The number of nitrogens with one attached hydrogen (secondary N) is 3. The Kier molecular flexibility index (Phi) is 7.52. The van der Waals surface area contributed by atoms with Gasteiger partial charge in [0.25, 0.3) is 11.8 Å². The van der Waals surface area contributed by atoms with Gasteiger partial charge in [0.2, 0.25) is 10.0 Å². The first-order chi connectivity index (χ1) is 15.7. The molecule has 0 unspecified atom stereocenters. The molecule has 0 aliphatic rings. The van der Waals surface area contributed by atoms with Crippen LogP contribution in [0.1, 0.15) is 10.4 Å². The number of benzene rings is 3. The minimum Gasteiger partial charge on any atom is -0.493 e. The highest BCUT2D eigenvalue weighted by atomic mass is 32.2. The summed E-state index contributed by atoms with van der Waals surface area (Å²) in [6, 6.07) is 19.8. The number of hydrogen-bond acceptors (Lipinski definition) is 6. The smallest absolute Gasteiger partial charge is 0.262 e. The Morgan fingerprint density at radius 2 is 1.48 bits per heavy atom. The van der Waals surface area contributed by atoms with Crippen molar-refractivity contribution < 1.29 is 27.5 Å². The molecule has 0 aliphatic carbocycles. The normalized spacial score (nSPS) is 10.7. The number of methoxy groups -OCH3 is 1. The Balaban J connectivity index is 1.64. The number of hydrogen-bond donors (Lipinski definition) is 3. The first-order valence-electron chi connectivity index (χ1n) is 9.79. The molecule has 9 nitrogen and oxygen atoms in total. The minimum atomic E-state index is -3.55. The molecule has 0 aliphatic heterocycles. The predicted octanol–water partition coefficient (Wildman–Crippen LogP) is 3.34. The average molecular weight is 470 g/mol. The largest absolute Gasteiger partial charge is 0.493 e. The molecule has 3 aromatic carbocycles. The Morgan fingerprint density at radius 3 is 2.18 bits per heavy atom. The third-order valence-electron chi connectivity index (χ3n) is 4.30. The number of carbonyl (C=O) groups is 2. The molecule has 0 bridgehead atoms. The Labute approximate surface area is 191 Å². The molecule has 172 valence electrons. The van der Waals surface area contributed by atoms with Crippen LogP contribution in [-0.4, -0.2) is 40.2 Å². The SMILES string of the molecule is COc1ccccc1OCC(=O)Nc1cccc(NC(=O)c2ccccc2NS(C)(=O)=O)c1. The summed E-state index contributed by atoms with van der Waals surface area (Å²) >= 11 is 0. The molecule has 3 N–H and O–H groups in total. The molecule has 0 aromatic heterocycles. The van der Waals surface area contributed by atoms with Crippen LogP contribution in [0.3, 0.4) is 0 Å². The van der Waals surface area contributed by atoms with Crippen LogP contribution < -0.4 is 24.8 Å². The summed E-state index contributed by atoms with van der Waals surface area (Å²) < 4.78 is 36.1. The maximum Gasteiger partial charge on any atom is 0.262 e. The van der Waals surface area contributed by atoms with Gasteiger partial charge in [-0.05, 0) is 42.5 Å². The van der Waals surface area contributed by atoms with E-state index in [0.29, 0.717) is 22.9 Å². The third-order valence-corrected chi connectivity index (χ3v) is 4.89. The van der Waals surface area contributed by atoms with Crippen LogP contribution in [0.15, 0.2) is 72.8 Å². The highest BCUT2D eigenvalue weighted by Gasteiger charge is 2.14. The number of amides is 2. The lowest BCUT2D eigenvalue weighted by Crippen LogP contribution is -2.20. The van der Waals surface area contributed by atoms with Gasteiger partial charge in [-0.15, -0.1) is 0 Å². The van der Waals surface area contributed by atoms with Gasteiger partial charge in [-0.3, -0.25) is 14.3 Å². The van der Waals surface area contributed by atoms with Gasteiger partial charge >= 0.3 is 0 Å². The topological polar surface area (TPSA) is 123 Å². The van der Waals surface area contributed by atoms with Gasteiger partial charge in [0.15, 0.2) is 18.1 Å². The minimum absolute atomic E-state index is 0.155. The number of rotatable bonds is 9. The highest BCUT2D eigenvalue weighted by molar-refractivity contribution is 7.92. The summed E-state index contributed by atoms with van der Waals surface area (Å²) in [5.41, 5.74) is 1.18. The summed E-state index contributed by atoms with van der Waals surface area (Å²) in [4.78, 5) is 25.0. The fourth-order valence-corrected chi connectivity index (χ4v) is 3.50. The molecular formula is C23H23N3O6S. The van der Waals surface area contributed by atoms with Crippen LogP contribution >= 0.6 is 0 Å². The summed E-state index contributed by atoms with van der Waals surface area (Å²) in [6.07, 6.45) is 1.01. The van der Waals surface area contributed by atoms with Gasteiger partial charge in [-0.2, -0.15) is 0 Å². The Bertz CT molecular complexity index is 1260. The Hall–Kier alpha value is -4.05. The molecule has 3 rings (SSSR count). The highest BCUT2D eigenvalue weighted by Crippen LogP contribution is 2.26. The predicted molar refractivity (Wildman–Crippen MR) is 126 cm³/mol. The molecule has 0 saturated carbocycles. The summed E-state index contributed by atoms with van der Waals surface area (Å²) in [6.45, 7) is -0.235. The number of anilines is 3. The van der Waals surface area contributed by atoms with Crippen LogP contribution in [0.25, 0.3) is 0 Å². The second-order valence-electron chi connectivity index (χ2n) is 6.94. The van der Waals surface area contributed by atoms with Gasteiger partial charge in [0.1, 0.15) is 0 Å². The van der Waals surface area contributed by atoms with Crippen molar-refractivity contribution in [2.24, 2.45) is 0 Å². The number of ether oxygens (including phenoxy) is 2. The fourth-order valence-electron chi connectivity index (χ4n) is 2.92. The number of sulfonamides is 1.